The molecule has 3 aromatic carbocycles. The number of nitrogen functional groups attached to an aromatic ring is 1. The average molecular weight is 1240 g/mol. The highest BCUT2D eigenvalue weighted by atomic mass is 19.1. The van der Waals surface area contributed by atoms with E-state index in [0.29, 0.717) is 98.4 Å². The van der Waals surface area contributed by atoms with Crippen LogP contribution < -0.4 is 36.6 Å². The largest absolute Gasteiger partial charge is 0.491 e. The number of amides is 5. The van der Waals surface area contributed by atoms with Gasteiger partial charge < -0.3 is 65.4 Å². The number of benzene rings is 3. The number of hydrogen-bond acceptors (Lipinski definition) is 16. The van der Waals surface area contributed by atoms with Crippen molar-refractivity contribution in [2.75, 3.05) is 90.2 Å². The minimum absolute atomic E-state index is 0.0237. The van der Waals surface area contributed by atoms with E-state index in [1.165, 1.54) is 17.7 Å². The number of nitrogens with two attached hydrogens (primary N) is 1. The lowest BCUT2D eigenvalue weighted by molar-refractivity contribution is -0.147. The first-order valence-corrected chi connectivity index (χ1v) is 31.6. The Hall–Kier alpha value is -8.01. The van der Waals surface area contributed by atoms with E-state index in [-0.39, 0.29) is 112 Å². The van der Waals surface area contributed by atoms with E-state index >= 15 is 0 Å². The molecule has 22 nitrogen and oxygen atoms in total. The fourth-order valence-electron chi connectivity index (χ4n) is 12.5. The number of rotatable bonds is 26. The quantitative estimate of drug-likeness (QED) is 0.0384. The first-order valence-electron chi connectivity index (χ1n) is 31.6. The van der Waals surface area contributed by atoms with E-state index in [1.807, 2.05) is 57.2 Å². The number of anilines is 2. The summed E-state index contributed by atoms with van der Waals surface area (Å²) in [4.78, 5) is 79.8. The standard InChI is InChI=1S/C67H85FN12O10/c1-42(71-5)63(82)75-61(67(2,3)4)66(85)79-40-46-34-49(19-15-44(46)35-57(79)64(83)74-53-13-8-11-43-10-6-7-12-50(43)53)90-33-32-89-31-30-88-29-28-87-27-26-86-25-21-59(81)72-22-24-80-58(38-69)60-45-36-56(62(70)73-39-45)77-23-9-14-55(77)52-37-47(68)16-20-51(52)65(84)78(48-17-18-48)41-54(60)76-80/h6-7,10,12,15-16,19-20,34,36-37,39,42,48,53,55,57,61,71H,8-9,11,13-14,17-18,21-33,35,40-41H2,1-5H3,(H2,70,73)(H,72,81)(H,74,83)(H,75,82)/t42-,53+,55+,57-,61+/m0/s1. The van der Waals surface area contributed by atoms with Gasteiger partial charge in [0.05, 0.1) is 95.5 Å². The Morgan fingerprint density at radius 2 is 1.57 bits per heavy atom. The SMILES string of the molecule is CN[C@@H](C)C(=O)N[C@H](C(=O)N1Cc2cc(OCCOCCOCCOCCOCCC(=O)NCCn3nc4c(c3C#N)-c3cnc(N)c(c3)N3CCC[C@@H]3c3cc(F)ccc3C(=O)N(C3CC3)C4)ccc2C[C@H]1C(=O)N[C@@H]1CCCc2ccccc21)C(C)(C)C. The molecule has 3 aliphatic heterocycles. The smallest absolute Gasteiger partial charge is 0.254 e. The molecular formula is C67H85FN12O10. The number of carbonyl (C=O) groups excluding carboxylic acids is 5. The number of hydrogen-bond donors (Lipinski definition) is 5. The van der Waals surface area contributed by atoms with Crippen LogP contribution in [-0.2, 0) is 70.6 Å². The summed E-state index contributed by atoms with van der Waals surface area (Å²) < 4.78 is 45.3. The first kappa shape index (κ1) is 65.0. The van der Waals surface area contributed by atoms with Crippen LogP contribution in [-0.4, -0.2) is 158 Å². The predicted molar refractivity (Wildman–Crippen MR) is 334 cm³/mol. The summed E-state index contributed by atoms with van der Waals surface area (Å²) in [7, 11) is 1.69. The minimum Gasteiger partial charge on any atom is -0.491 e. The van der Waals surface area contributed by atoms with Crippen molar-refractivity contribution in [3.63, 3.8) is 0 Å². The lowest BCUT2D eigenvalue weighted by Crippen LogP contribution is -2.62. The molecule has 0 spiro atoms. The highest BCUT2D eigenvalue weighted by Gasteiger charge is 2.44. The van der Waals surface area contributed by atoms with Crippen molar-refractivity contribution < 1.29 is 52.0 Å². The van der Waals surface area contributed by atoms with E-state index in [0.717, 1.165) is 55.2 Å². The molecule has 10 rings (SSSR count). The molecule has 23 heteroatoms. The number of nitriles is 1. The molecule has 1 saturated carbocycles. The molecule has 2 aromatic heterocycles. The van der Waals surface area contributed by atoms with Crippen molar-refractivity contribution in [3.8, 4) is 22.9 Å². The van der Waals surface area contributed by atoms with Crippen LogP contribution in [0.4, 0.5) is 15.9 Å². The van der Waals surface area contributed by atoms with Crippen molar-refractivity contribution in [2.45, 2.75) is 141 Å². The van der Waals surface area contributed by atoms with E-state index in [2.05, 4.69) is 49.4 Å². The second-order valence-electron chi connectivity index (χ2n) is 24.9. The molecule has 2 aliphatic carbocycles. The number of likely N-dealkylation sites (N-methyl/N-ethyl adjacent to an activating group) is 1. The summed E-state index contributed by atoms with van der Waals surface area (Å²) in [6, 6.07) is 19.8. The highest BCUT2D eigenvalue weighted by Crippen LogP contribution is 2.44. The monoisotopic (exact) mass is 1240 g/mol. The molecule has 5 amide bonds. The normalized spacial score (nSPS) is 18.5. The highest BCUT2D eigenvalue weighted by molar-refractivity contribution is 5.97. The van der Waals surface area contributed by atoms with Crippen molar-refractivity contribution in [1.29, 1.82) is 5.26 Å². The molecule has 90 heavy (non-hydrogen) atoms. The van der Waals surface area contributed by atoms with Crippen molar-refractivity contribution >= 4 is 41.0 Å². The van der Waals surface area contributed by atoms with E-state index in [1.54, 1.807) is 40.7 Å². The van der Waals surface area contributed by atoms with Crippen LogP contribution in [0.25, 0.3) is 11.1 Å². The number of aryl methyl sites for hydroxylation is 1. The number of nitrogens with zero attached hydrogens (tertiary/aromatic N) is 7. The lowest BCUT2D eigenvalue weighted by Gasteiger charge is -2.41. The van der Waals surface area contributed by atoms with Crippen molar-refractivity contribution in [2.24, 2.45) is 5.41 Å². The summed E-state index contributed by atoms with van der Waals surface area (Å²) in [5.74, 6) is -0.830. The van der Waals surface area contributed by atoms with Gasteiger partial charge in [0, 0.05) is 61.4 Å². The summed E-state index contributed by atoms with van der Waals surface area (Å²) in [6.45, 7) is 11.5. The van der Waals surface area contributed by atoms with Crippen LogP contribution in [0.1, 0.15) is 134 Å². The van der Waals surface area contributed by atoms with Gasteiger partial charge in [-0.25, -0.2) is 9.37 Å². The molecule has 5 atom stereocenters. The lowest BCUT2D eigenvalue weighted by atomic mass is 9.83. The Balaban J connectivity index is 0.625. The molecule has 2 bridgehead atoms. The molecule has 2 fully saturated rings. The van der Waals surface area contributed by atoms with Gasteiger partial charge in [0.25, 0.3) is 5.91 Å². The van der Waals surface area contributed by atoms with Gasteiger partial charge in [-0.05, 0) is 129 Å². The molecule has 0 radical (unpaired) electrons. The molecule has 6 N–H and O–H groups in total. The second kappa shape index (κ2) is 29.7. The average Bonchev–Trinajstić information content (AvgIpc) is 1.45. The van der Waals surface area contributed by atoms with Gasteiger partial charge in [-0.15, -0.1) is 0 Å². The second-order valence-corrected chi connectivity index (χ2v) is 24.9. The third kappa shape index (κ3) is 15.6. The van der Waals surface area contributed by atoms with Gasteiger partial charge in [0.2, 0.25) is 23.6 Å². The maximum absolute atomic E-state index is 14.9. The number of halogens is 1. The van der Waals surface area contributed by atoms with Crippen molar-refractivity contribution in [3.05, 3.63) is 124 Å². The number of aromatic nitrogens is 3. The molecule has 480 valence electrons. The van der Waals surface area contributed by atoms with Crippen LogP contribution in [0, 0.1) is 22.6 Å². The van der Waals surface area contributed by atoms with Crippen LogP contribution in [0.15, 0.2) is 72.9 Å². The van der Waals surface area contributed by atoms with Crippen LogP contribution in [0.3, 0.4) is 0 Å². The maximum Gasteiger partial charge on any atom is 0.254 e. The zero-order valence-corrected chi connectivity index (χ0v) is 52.3. The van der Waals surface area contributed by atoms with Gasteiger partial charge in [-0.3, -0.25) is 28.7 Å². The number of ether oxygens (including phenoxy) is 5. The Morgan fingerprint density at radius 3 is 2.29 bits per heavy atom. The van der Waals surface area contributed by atoms with Gasteiger partial charge in [0.15, 0.2) is 0 Å². The van der Waals surface area contributed by atoms with E-state index < -0.39 is 29.4 Å². The Kier molecular flexibility index (Phi) is 21.5. The Labute approximate surface area is 525 Å². The van der Waals surface area contributed by atoms with E-state index in [9.17, 15) is 33.6 Å². The van der Waals surface area contributed by atoms with Gasteiger partial charge in [-0.1, -0.05) is 51.1 Å². The third-order valence-electron chi connectivity index (χ3n) is 17.6. The fourth-order valence-corrected chi connectivity index (χ4v) is 12.5. The topological polar surface area (TPSA) is 270 Å². The maximum atomic E-state index is 14.9. The van der Waals surface area contributed by atoms with Gasteiger partial charge in [0.1, 0.15) is 47.8 Å². The Morgan fingerprint density at radius 1 is 0.833 bits per heavy atom. The number of nitrogens with one attached hydrogen (secondary N) is 4. The van der Waals surface area contributed by atoms with Crippen LogP contribution in [0.5, 0.6) is 5.75 Å². The summed E-state index contributed by atoms with van der Waals surface area (Å²) in [5.41, 5.74) is 13.6. The summed E-state index contributed by atoms with van der Waals surface area (Å²) >= 11 is 0. The third-order valence-corrected chi connectivity index (χ3v) is 17.6. The van der Waals surface area contributed by atoms with Gasteiger partial charge >= 0.3 is 0 Å². The summed E-state index contributed by atoms with van der Waals surface area (Å²) in [5, 5.41) is 27.6. The fraction of sp³-hybridized carbons (Fsp3) is 0.522. The molecule has 5 aromatic rings. The molecule has 5 aliphatic rings. The Bertz CT molecular complexity index is 3430. The molecule has 0 unspecified atom stereocenters. The molecule has 5 heterocycles. The number of fused-ring (bicyclic) bond motifs is 10. The number of carbonyl (C=O) groups is 5. The number of pyridine rings is 1. The zero-order chi connectivity index (χ0) is 63.5. The van der Waals surface area contributed by atoms with E-state index in [4.69, 9.17) is 34.5 Å². The van der Waals surface area contributed by atoms with Gasteiger partial charge in [-0.2, -0.15) is 10.4 Å². The van der Waals surface area contributed by atoms with Crippen molar-refractivity contribution in [1.82, 2.24) is 45.8 Å². The predicted octanol–water partition coefficient (Wildman–Crippen LogP) is 6.24. The first-order chi connectivity index (χ1) is 43.5. The zero-order valence-electron chi connectivity index (χ0n) is 52.3. The molecule has 1 saturated heterocycles. The van der Waals surface area contributed by atoms with Crippen LogP contribution in [0.2, 0.25) is 0 Å². The summed E-state index contributed by atoms with van der Waals surface area (Å²) in [6.07, 6.45) is 7.90. The van der Waals surface area contributed by atoms with Crippen LogP contribution >= 0.6 is 0 Å². The minimum atomic E-state index is -0.895. The molecular weight excluding hydrogens is 1150 g/mol.